The fourth-order valence-electron chi connectivity index (χ4n) is 1.92. The first-order valence-corrected chi connectivity index (χ1v) is 6.11. The number of rotatable bonds is 5. The van der Waals surface area contributed by atoms with Gasteiger partial charge in [0, 0.05) is 6.08 Å². The number of hydrogen-bond donors (Lipinski definition) is 1. The maximum atomic E-state index is 10.8. The molecule has 0 fully saturated rings. The van der Waals surface area contributed by atoms with Gasteiger partial charge in [-0.2, -0.15) is 0 Å². The van der Waals surface area contributed by atoms with Crippen LogP contribution >= 0.6 is 0 Å². The number of benzene rings is 1. The smallest absolute Gasteiger partial charge is 0.328 e. The molecule has 1 aromatic carbocycles. The summed E-state index contributed by atoms with van der Waals surface area (Å²) in [5.74, 6) is 0.274. The van der Waals surface area contributed by atoms with Crippen molar-refractivity contribution in [3.8, 4) is 5.75 Å². The molecule has 0 aliphatic rings. The highest BCUT2D eigenvalue weighted by molar-refractivity contribution is 5.90. The highest BCUT2D eigenvalue weighted by Gasteiger charge is 2.10. The molecule has 0 radical (unpaired) electrons. The Hall–Kier alpha value is -1.77. The van der Waals surface area contributed by atoms with Crippen molar-refractivity contribution in [2.45, 2.75) is 33.1 Å². The number of methoxy groups -OCH3 is 1. The maximum Gasteiger partial charge on any atom is 0.328 e. The predicted octanol–water partition coefficient (Wildman–Crippen LogP) is 3.70. The van der Waals surface area contributed by atoms with Gasteiger partial charge >= 0.3 is 5.97 Å². The minimum atomic E-state index is -0.909. The Bertz CT molecular complexity index is 459. The molecule has 0 bridgehead atoms. The lowest BCUT2D eigenvalue weighted by Gasteiger charge is -2.14. The molecule has 0 aromatic heterocycles. The third-order valence-electron chi connectivity index (χ3n) is 2.90. The fourth-order valence-corrected chi connectivity index (χ4v) is 1.92. The van der Waals surface area contributed by atoms with E-state index in [4.69, 9.17) is 9.84 Å². The van der Waals surface area contributed by atoms with Crippen molar-refractivity contribution in [3.63, 3.8) is 0 Å². The first-order chi connectivity index (χ1) is 8.49. The number of carboxylic acid groups (broad SMARTS) is 1. The summed E-state index contributed by atoms with van der Waals surface area (Å²) < 4.78 is 5.32. The molecule has 0 unspecified atom stereocenters. The maximum absolute atomic E-state index is 10.8. The molecule has 0 aliphatic carbocycles. The number of allylic oxidation sites excluding steroid dienone is 1. The minimum absolute atomic E-state index is 0.336. The van der Waals surface area contributed by atoms with Crippen LogP contribution in [0.1, 0.15) is 44.2 Å². The van der Waals surface area contributed by atoms with Crippen LogP contribution in [-0.2, 0) is 4.79 Å². The van der Waals surface area contributed by atoms with Crippen LogP contribution in [0, 0.1) is 0 Å². The second kappa shape index (κ2) is 6.24. The van der Waals surface area contributed by atoms with Crippen LogP contribution in [0.3, 0.4) is 0 Å². The molecule has 0 heterocycles. The molecule has 0 saturated heterocycles. The van der Waals surface area contributed by atoms with E-state index in [0.717, 1.165) is 22.4 Å². The Morgan fingerprint density at radius 1 is 1.44 bits per heavy atom. The molecular weight excluding hydrogens is 228 g/mol. The van der Waals surface area contributed by atoms with E-state index in [-0.39, 0.29) is 0 Å². The van der Waals surface area contributed by atoms with E-state index in [0.29, 0.717) is 12.3 Å². The van der Waals surface area contributed by atoms with Crippen molar-refractivity contribution in [2.24, 2.45) is 0 Å². The largest absolute Gasteiger partial charge is 0.496 e. The van der Waals surface area contributed by atoms with Crippen LogP contribution < -0.4 is 4.74 Å². The Kier molecular flexibility index (Phi) is 4.95. The minimum Gasteiger partial charge on any atom is -0.496 e. The number of carbonyl (C=O) groups is 1. The van der Waals surface area contributed by atoms with Gasteiger partial charge in [-0.05, 0) is 41.2 Å². The SMILES string of the molecule is CC/C(=C\C(=O)O)c1ccc(OC)c(C(C)C)c1. The first-order valence-electron chi connectivity index (χ1n) is 6.11. The summed E-state index contributed by atoms with van der Waals surface area (Å²) >= 11 is 0. The summed E-state index contributed by atoms with van der Waals surface area (Å²) in [5, 5.41) is 8.85. The lowest BCUT2D eigenvalue weighted by Crippen LogP contribution is -1.97. The molecule has 1 aromatic rings. The van der Waals surface area contributed by atoms with Gasteiger partial charge in [0.1, 0.15) is 5.75 Å². The normalized spacial score (nSPS) is 11.7. The molecule has 0 atom stereocenters. The Balaban J connectivity index is 3.26. The zero-order chi connectivity index (χ0) is 13.7. The molecule has 1 N–H and O–H groups in total. The number of ether oxygens (including phenoxy) is 1. The molecule has 18 heavy (non-hydrogen) atoms. The van der Waals surface area contributed by atoms with Crippen LogP contribution in [0.15, 0.2) is 24.3 Å². The summed E-state index contributed by atoms with van der Waals surface area (Å²) in [5.41, 5.74) is 2.87. The molecule has 3 heteroatoms. The van der Waals surface area contributed by atoms with E-state index in [2.05, 4.69) is 13.8 Å². The van der Waals surface area contributed by atoms with Crippen LogP contribution in [0.4, 0.5) is 0 Å². The van der Waals surface area contributed by atoms with E-state index in [1.54, 1.807) is 7.11 Å². The Morgan fingerprint density at radius 3 is 2.56 bits per heavy atom. The number of hydrogen-bond acceptors (Lipinski definition) is 2. The average molecular weight is 248 g/mol. The molecule has 0 spiro atoms. The molecule has 0 saturated carbocycles. The lowest BCUT2D eigenvalue weighted by atomic mass is 9.95. The zero-order valence-electron chi connectivity index (χ0n) is 11.4. The second-order valence-electron chi connectivity index (χ2n) is 4.47. The topological polar surface area (TPSA) is 46.5 Å². The third kappa shape index (κ3) is 3.36. The lowest BCUT2D eigenvalue weighted by molar-refractivity contribution is -0.131. The summed E-state index contributed by atoms with van der Waals surface area (Å²) in [6.07, 6.45) is 1.96. The Morgan fingerprint density at radius 2 is 2.11 bits per heavy atom. The first kappa shape index (κ1) is 14.3. The number of aliphatic carboxylic acids is 1. The van der Waals surface area contributed by atoms with Crippen molar-refractivity contribution >= 4 is 11.5 Å². The average Bonchev–Trinajstić information content (AvgIpc) is 2.34. The summed E-state index contributed by atoms with van der Waals surface area (Å²) in [7, 11) is 1.65. The number of carboxylic acids is 1. The molecule has 1 rings (SSSR count). The molecular formula is C15H20O3. The molecule has 3 nitrogen and oxygen atoms in total. The molecule has 0 aliphatic heterocycles. The van der Waals surface area contributed by atoms with Crippen LogP contribution in [0.2, 0.25) is 0 Å². The quantitative estimate of drug-likeness (QED) is 0.808. The third-order valence-corrected chi connectivity index (χ3v) is 2.90. The zero-order valence-corrected chi connectivity index (χ0v) is 11.4. The van der Waals surface area contributed by atoms with E-state index < -0.39 is 5.97 Å². The van der Waals surface area contributed by atoms with Gasteiger partial charge in [-0.25, -0.2) is 4.79 Å². The van der Waals surface area contributed by atoms with Gasteiger partial charge in [-0.15, -0.1) is 0 Å². The van der Waals surface area contributed by atoms with E-state index in [1.165, 1.54) is 6.08 Å². The van der Waals surface area contributed by atoms with Crippen molar-refractivity contribution in [2.75, 3.05) is 7.11 Å². The van der Waals surface area contributed by atoms with E-state index in [1.807, 2.05) is 25.1 Å². The van der Waals surface area contributed by atoms with E-state index >= 15 is 0 Å². The highest BCUT2D eigenvalue weighted by atomic mass is 16.5. The van der Waals surface area contributed by atoms with Crippen LogP contribution in [0.25, 0.3) is 5.57 Å². The summed E-state index contributed by atoms with van der Waals surface area (Å²) in [6, 6.07) is 5.82. The van der Waals surface area contributed by atoms with Crippen molar-refractivity contribution in [1.82, 2.24) is 0 Å². The van der Waals surface area contributed by atoms with Gasteiger partial charge in [-0.1, -0.05) is 26.8 Å². The second-order valence-corrected chi connectivity index (χ2v) is 4.47. The highest BCUT2D eigenvalue weighted by Crippen LogP contribution is 2.30. The van der Waals surface area contributed by atoms with Gasteiger partial charge in [0.15, 0.2) is 0 Å². The van der Waals surface area contributed by atoms with Gasteiger partial charge in [0.05, 0.1) is 7.11 Å². The van der Waals surface area contributed by atoms with Crippen molar-refractivity contribution in [1.29, 1.82) is 0 Å². The van der Waals surface area contributed by atoms with Gasteiger partial charge < -0.3 is 9.84 Å². The van der Waals surface area contributed by atoms with E-state index in [9.17, 15) is 4.79 Å². The van der Waals surface area contributed by atoms with Crippen LogP contribution in [0.5, 0.6) is 5.75 Å². The fraction of sp³-hybridized carbons (Fsp3) is 0.400. The van der Waals surface area contributed by atoms with Crippen molar-refractivity contribution in [3.05, 3.63) is 35.4 Å². The predicted molar refractivity (Wildman–Crippen MR) is 73.0 cm³/mol. The summed E-state index contributed by atoms with van der Waals surface area (Å²) in [4.78, 5) is 10.8. The standard InChI is InChI=1S/C15H20O3/c1-5-11(9-15(16)17)12-6-7-14(18-4)13(8-12)10(2)3/h6-10H,5H2,1-4H3,(H,16,17)/b11-9+. The van der Waals surface area contributed by atoms with Gasteiger partial charge in [0.2, 0.25) is 0 Å². The van der Waals surface area contributed by atoms with Crippen LogP contribution in [-0.4, -0.2) is 18.2 Å². The summed E-state index contributed by atoms with van der Waals surface area (Å²) in [6.45, 7) is 6.14. The molecule has 98 valence electrons. The van der Waals surface area contributed by atoms with Gasteiger partial charge in [-0.3, -0.25) is 0 Å². The van der Waals surface area contributed by atoms with Gasteiger partial charge in [0.25, 0.3) is 0 Å². The Labute approximate surface area is 108 Å². The van der Waals surface area contributed by atoms with Crippen molar-refractivity contribution < 1.29 is 14.6 Å². The molecule has 0 amide bonds. The monoisotopic (exact) mass is 248 g/mol.